The molecule has 1 aliphatic heterocycles. The molecule has 1 saturated heterocycles. The predicted molar refractivity (Wildman–Crippen MR) is 112 cm³/mol. The van der Waals surface area contributed by atoms with E-state index in [9.17, 15) is 27.9 Å². The minimum absolute atomic E-state index is 0.0668. The number of aromatic nitrogens is 3. The van der Waals surface area contributed by atoms with Crippen molar-refractivity contribution in [2.75, 3.05) is 13.1 Å². The number of aromatic amines is 1. The molecule has 4 aromatic rings. The number of aliphatic hydroxyl groups excluding tert-OH is 1. The predicted octanol–water partition coefficient (Wildman–Crippen LogP) is 2.69. The summed E-state index contributed by atoms with van der Waals surface area (Å²) in [4.78, 5) is 31.6. The zero-order chi connectivity index (χ0) is 23.5. The normalized spacial score (nSPS) is 19.0. The number of aliphatic hydroxyl groups is 1. The maximum atomic E-state index is 13.0. The summed E-state index contributed by atoms with van der Waals surface area (Å²) in [5, 5.41) is 11.4. The van der Waals surface area contributed by atoms with Crippen LogP contribution in [-0.2, 0) is 6.18 Å². The van der Waals surface area contributed by atoms with E-state index in [0.717, 1.165) is 10.9 Å². The van der Waals surface area contributed by atoms with E-state index in [0.29, 0.717) is 5.56 Å². The van der Waals surface area contributed by atoms with Crippen molar-refractivity contribution in [1.29, 1.82) is 0 Å². The molecule has 0 spiro atoms. The summed E-state index contributed by atoms with van der Waals surface area (Å²) in [6, 6.07) is 10.5. The number of nitrogens with one attached hydrogen (secondary N) is 1. The molecule has 0 radical (unpaired) electrons. The topological polar surface area (TPSA) is 117 Å². The van der Waals surface area contributed by atoms with Gasteiger partial charge in [-0.15, -0.1) is 0 Å². The maximum Gasteiger partial charge on any atom is 0.449 e. The maximum absolute atomic E-state index is 13.0. The minimum atomic E-state index is -4.62. The number of nitrogens with zero attached hydrogens (tertiary/aromatic N) is 3. The second-order valence-electron chi connectivity index (χ2n) is 8.02. The fraction of sp³-hybridized carbons (Fsp3) is 0.227. The number of hydrogen-bond donors (Lipinski definition) is 3. The molecular weight excluding hydrogens is 439 g/mol. The Bertz CT molecular complexity index is 1410. The SMILES string of the molecule is NC(=O)c1ccc2c(ccn2[C@@H]2CN(C(=O)c3ccc4nc(C(F)(F)F)[nH]c4c3)C[C@H]2O)c1. The number of hydrogen-bond acceptors (Lipinski definition) is 4. The molecule has 2 amide bonds. The molecule has 1 fully saturated rings. The Morgan fingerprint density at radius 1 is 1.09 bits per heavy atom. The lowest BCUT2D eigenvalue weighted by atomic mass is 10.1. The molecule has 1 aliphatic rings. The van der Waals surface area contributed by atoms with Gasteiger partial charge in [0.25, 0.3) is 5.91 Å². The second kappa shape index (κ2) is 7.34. The molecule has 3 heterocycles. The molecule has 0 bridgehead atoms. The first kappa shape index (κ1) is 21.0. The molecule has 2 atom stereocenters. The van der Waals surface area contributed by atoms with Crippen LogP contribution >= 0.6 is 0 Å². The smallest absolute Gasteiger partial charge is 0.389 e. The number of carbonyl (C=O) groups excluding carboxylic acids is 2. The van der Waals surface area contributed by atoms with Gasteiger partial charge in [0.05, 0.1) is 23.2 Å². The van der Waals surface area contributed by atoms with Gasteiger partial charge in [0.2, 0.25) is 11.7 Å². The van der Waals surface area contributed by atoms with Crippen molar-refractivity contribution in [3.63, 3.8) is 0 Å². The van der Waals surface area contributed by atoms with Crippen LogP contribution in [0.15, 0.2) is 48.7 Å². The number of amides is 2. The summed E-state index contributed by atoms with van der Waals surface area (Å²) in [7, 11) is 0. The van der Waals surface area contributed by atoms with Gasteiger partial charge in [-0.1, -0.05) is 0 Å². The third-order valence-electron chi connectivity index (χ3n) is 5.91. The van der Waals surface area contributed by atoms with E-state index < -0.39 is 36.0 Å². The van der Waals surface area contributed by atoms with Crippen LogP contribution in [0.25, 0.3) is 21.9 Å². The molecular formula is C22H18F3N5O3. The van der Waals surface area contributed by atoms with E-state index in [-0.39, 0.29) is 29.7 Å². The molecule has 2 aromatic carbocycles. The molecule has 5 rings (SSSR count). The highest BCUT2D eigenvalue weighted by Gasteiger charge is 2.37. The van der Waals surface area contributed by atoms with Gasteiger partial charge in [-0.3, -0.25) is 9.59 Å². The lowest BCUT2D eigenvalue weighted by molar-refractivity contribution is -0.144. The lowest BCUT2D eigenvalue weighted by Crippen LogP contribution is -2.29. The van der Waals surface area contributed by atoms with E-state index in [2.05, 4.69) is 9.97 Å². The largest absolute Gasteiger partial charge is 0.449 e. The number of imidazole rings is 1. The Morgan fingerprint density at radius 3 is 2.58 bits per heavy atom. The highest BCUT2D eigenvalue weighted by molar-refractivity contribution is 5.98. The van der Waals surface area contributed by atoms with Crippen molar-refractivity contribution >= 4 is 33.8 Å². The van der Waals surface area contributed by atoms with Gasteiger partial charge in [-0.25, -0.2) is 4.98 Å². The number of primary amides is 1. The number of rotatable bonds is 3. The van der Waals surface area contributed by atoms with Crippen LogP contribution < -0.4 is 5.73 Å². The van der Waals surface area contributed by atoms with Gasteiger partial charge >= 0.3 is 6.18 Å². The van der Waals surface area contributed by atoms with Crippen LogP contribution in [0.3, 0.4) is 0 Å². The van der Waals surface area contributed by atoms with Gasteiger partial charge in [0, 0.05) is 41.3 Å². The number of fused-ring (bicyclic) bond motifs is 2. The van der Waals surface area contributed by atoms with Crippen molar-refractivity contribution in [1.82, 2.24) is 19.4 Å². The molecule has 4 N–H and O–H groups in total. The number of likely N-dealkylation sites (tertiary alicyclic amines) is 1. The zero-order valence-electron chi connectivity index (χ0n) is 17.0. The molecule has 2 aromatic heterocycles. The van der Waals surface area contributed by atoms with Gasteiger partial charge in [0.1, 0.15) is 0 Å². The monoisotopic (exact) mass is 457 g/mol. The van der Waals surface area contributed by atoms with Crippen molar-refractivity contribution in [3.05, 3.63) is 65.6 Å². The quantitative estimate of drug-likeness (QED) is 0.439. The standard InChI is InChI=1S/C22H18F3N5O3/c23-22(24,25)21-27-14-3-1-13(8-15(14)28-21)20(33)29-9-17(18(31)10-29)30-6-5-11-7-12(19(26)32)2-4-16(11)30/h1-8,17-18,31H,9-10H2,(H2,26,32)(H,27,28)/t17-,18-/m1/s1. The first-order valence-corrected chi connectivity index (χ1v) is 10.1. The number of alkyl halides is 3. The van der Waals surface area contributed by atoms with Crippen molar-refractivity contribution in [2.24, 2.45) is 5.73 Å². The molecule has 170 valence electrons. The summed E-state index contributed by atoms with van der Waals surface area (Å²) in [6.07, 6.45) is -3.70. The van der Waals surface area contributed by atoms with Gasteiger partial charge in [-0.2, -0.15) is 13.2 Å². The van der Waals surface area contributed by atoms with Crippen LogP contribution in [0.2, 0.25) is 0 Å². The third-order valence-corrected chi connectivity index (χ3v) is 5.91. The molecule has 11 heteroatoms. The second-order valence-corrected chi connectivity index (χ2v) is 8.02. The summed E-state index contributed by atoms with van der Waals surface area (Å²) in [5.41, 5.74) is 6.87. The number of halogens is 3. The van der Waals surface area contributed by atoms with Gasteiger partial charge in [0.15, 0.2) is 0 Å². The van der Waals surface area contributed by atoms with Crippen molar-refractivity contribution in [2.45, 2.75) is 18.3 Å². The van der Waals surface area contributed by atoms with E-state index in [1.807, 2.05) is 4.57 Å². The number of nitrogens with two attached hydrogens (primary N) is 1. The van der Waals surface area contributed by atoms with E-state index in [1.54, 1.807) is 30.5 Å². The Balaban J connectivity index is 1.40. The zero-order valence-corrected chi connectivity index (χ0v) is 17.0. The highest BCUT2D eigenvalue weighted by Crippen LogP contribution is 2.31. The Hall–Kier alpha value is -3.86. The molecule has 33 heavy (non-hydrogen) atoms. The summed E-state index contributed by atoms with van der Waals surface area (Å²) in [5.74, 6) is -2.08. The van der Waals surface area contributed by atoms with Crippen LogP contribution in [0.1, 0.15) is 32.6 Å². The Morgan fingerprint density at radius 2 is 1.85 bits per heavy atom. The fourth-order valence-corrected chi connectivity index (χ4v) is 4.27. The number of β-amino-alcohol motifs (C(OH)–C–C–N with tert-alkyl or cyclic N) is 1. The van der Waals surface area contributed by atoms with Crippen LogP contribution in [0.4, 0.5) is 13.2 Å². The summed E-state index contributed by atoms with van der Waals surface area (Å²) >= 11 is 0. The Labute approximate surface area is 184 Å². The Kier molecular flexibility index (Phi) is 4.67. The van der Waals surface area contributed by atoms with E-state index in [4.69, 9.17) is 5.73 Å². The first-order chi connectivity index (χ1) is 15.6. The third kappa shape index (κ3) is 3.59. The molecule has 8 nitrogen and oxygen atoms in total. The molecule has 0 unspecified atom stereocenters. The van der Waals surface area contributed by atoms with E-state index >= 15 is 0 Å². The number of H-pyrrole nitrogens is 1. The summed E-state index contributed by atoms with van der Waals surface area (Å²) in [6.45, 7) is 0.271. The van der Waals surface area contributed by atoms with Crippen LogP contribution in [-0.4, -0.2) is 55.5 Å². The average Bonchev–Trinajstić information content (AvgIpc) is 3.47. The van der Waals surface area contributed by atoms with E-state index in [1.165, 1.54) is 23.1 Å². The van der Waals surface area contributed by atoms with Crippen molar-refractivity contribution in [3.8, 4) is 0 Å². The molecule has 0 aliphatic carbocycles. The van der Waals surface area contributed by atoms with Crippen LogP contribution in [0.5, 0.6) is 0 Å². The summed E-state index contributed by atoms with van der Waals surface area (Å²) < 4.78 is 40.5. The minimum Gasteiger partial charge on any atom is -0.389 e. The van der Waals surface area contributed by atoms with Gasteiger partial charge < -0.3 is 25.3 Å². The number of carbonyl (C=O) groups is 2. The fourth-order valence-electron chi connectivity index (χ4n) is 4.27. The average molecular weight is 457 g/mol. The lowest BCUT2D eigenvalue weighted by Gasteiger charge is -2.18. The van der Waals surface area contributed by atoms with Crippen LogP contribution in [0, 0.1) is 0 Å². The molecule has 0 saturated carbocycles. The first-order valence-electron chi connectivity index (χ1n) is 10.1. The van der Waals surface area contributed by atoms with Gasteiger partial charge in [-0.05, 0) is 42.5 Å². The van der Waals surface area contributed by atoms with Crippen molar-refractivity contribution < 1.29 is 27.9 Å². The highest BCUT2D eigenvalue weighted by atomic mass is 19.4. The number of benzene rings is 2.